The first kappa shape index (κ1) is 17.1. The quantitative estimate of drug-likeness (QED) is 0.462. The van der Waals surface area contributed by atoms with Crippen LogP contribution in [0.2, 0.25) is 19.6 Å². The first-order chi connectivity index (χ1) is 11.3. The van der Waals surface area contributed by atoms with E-state index in [1.54, 1.807) is 11.3 Å². The smallest absolute Gasteiger partial charge is 0.0763 e. The largest absolute Gasteiger partial charge is 0.296 e. The number of aryl methyl sites for hydroxylation is 2. The minimum Gasteiger partial charge on any atom is -0.0763 e. The maximum atomic E-state index is 4.96. The second kappa shape index (κ2) is 6.61. The lowest BCUT2D eigenvalue weighted by atomic mass is 10.2. The van der Waals surface area contributed by atoms with E-state index in [0.29, 0.717) is 0 Å². The zero-order valence-electron chi connectivity index (χ0n) is 15.1. The summed E-state index contributed by atoms with van der Waals surface area (Å²) in [6.07, 6.45) is 1.04. The Morgan fingerprint density at radius 1 is 0.833 bits per heavy atom. The van der Waals surface area contributed by atoms with Crippen LogP contribution in [-0.2, 0) is 6.17 Å². The topological polar surface area (TPSA) is 16.8 Å². The number of aromatic nitrogens is 2. The lowest BCUT2D eigenvalue weighted by Crippen LogP contribution is -2.48. The summed E-state index contributed by atoms with van der Waals surface area (Å²) in [6, 6.07) is 17.4. The third-order valence-electron chi connectivity index (χ3n) is 3.86. The Hall–Kier alpha value is -1.78. The Morgan fingerprint density at radius 2 is 1.33 bits per heavy atom. The molecule has 0 aliphatic rings. The predicted octanol–water partition coefficient (Wildman–Crippen LogP) is 5.26. The number of nitrogens with zero attached hydrogens (tertiary/aromatic N) is 2. The van der Waals surface area contributed by atoms with Crippen molar-refractivity contribution in [1.82, 2.24) is 5.10 Å². The van der Waals surface area contributed by atoms with Gasteiger partial charge in [0.15, 0.2) is 11.2 Å². The van der Waals surface area contributed by atoms with Gasteiger partial charge in [0, 0.05) is 10.7 Å². The van der Waals surface area contributed by atoms with Gasteiger partial charge in [-0.25, -0.2) is 0 Å². The Kier molecular flexibility index (Phi) is 4.70. The van der Waals surface area contributed by atoms with Crippen LogP contribution in [0.4, 0.5) is 0 Å². The summed E-state index contributed by atoms with van der Waals surface area (Å²) in [6.45, 7) is 11.4. The van der Waals surface area contributed by atoms with Gasteiger partial charge in [-0.15, -0.1) is 0 Å². The van der Waals surface area contributed by atoms with Crippen LogP contribution in [0, 0.1) is 13.8 Å². The molecule has 0 spiro atoms. The van der Waals surface area contributed by atoms with Gasteiger partial charge in [0.05, 0.1) is 5.56 Å². The van der Waals surface area contributed by atoms with Crippen LogP contribution in [0.3, 0.4) is 0 Å². The zero-order chi connectivity index (χ0) is 17.3. The summed E-state index contributed by atoms with van der Waals surface area (Å²) < 4.78 is 2.23. The zero-order valence-corrected chi connectivity index (χ0v) is 16.9. The Morgan fingerprint density at radius 3 is 1.83 bits per heavy atom. The predicted molar refractivity (Wildman–Crippen MR) is 106 cm³/mol. The highest BCUT2D eigenvalue weighted by molar-refractivity contribution is 7.17. The van der Waals surface area contributed by atoms with Crippen LogP contribution in [0.25, 0.3) is 21.1 Å². The maximum Gasteiger partial charge on any atom is 0.296 e. The third-order valence-corrected chi connectivity index (χ3v) is 6.26. The van der Waals surface area contributed by atoms with Gasteiger partial charge in [0.25, 0.3) is 5.01 Å². The van der Waals surface area contributed by atoms with Crippen molar-refractivity contribution in [2.24, 2.45) is 0 Å². The lowest BCUT2D eigenvalue weighted by molar-refractivity contribution is -0.723. The SMILES string of the molecule is Cc1ccc(-c2n[n+](C[Si](C)(C)C)c(-c3ccc(C)cc3)s2)cc1. The number of benzene rings is 2. The third kappa shape index (κ3) is 4.00. The van der Waals surface area contributed by atoms with Crippen molar-refractivity contribution in [1.29, 1.82) is 0 Å². The Labute approximate surface area is 149 Å². The molecule has 3 aromatic rings. The van der Waals surface area contributed by atoms with E-state index in [1.807, 2.05) is 0 Å². The fraction of sp³-hybridized carbons (Fsp3) is 0.300. The van der Waals surface area contributed by atoms with Crippen LogP contribution in [0.15, 0.2) is 48.5 Å². The van der Waals surface area contributed by atoms with Crippen LogP contribution in [-0.4, -0.2) is 13.2 Å². The van der Waals surface area contributed by atoms with Gasteiger partial charge in [-0.1, -0.05) is 71.8 Å². The first-order valence-corrected chi connectivity index (χ1v) is 12.9. The second-order valence-corrected chi connectivity index (χ2v) is 14.1. The molecule has 0 aliphatic carbocycles. The summed E-state index contributed by atoms with van der Waals surface area (Å²) in [5, 5.41) is 7.32. The molecule has 2 nitrogen and oxygen atoms in total. The average molecular weight is 354 g/mol. The van der Waals surface area contributed by atoms with E-state index in [4.69, 9.17) is 5.10 Å². The molecule has 0 saturated carbocycles. The molecule has 1 heterocycles. The molecule has 0 aliphatic heterocycles. The van der Waals surface area contributed by atoms with Crippen molar-refractivity contribution < 1.29 is 4.68 Å². The highest BCUT2D eigenvalue weighted by atomic mass is 32.1. The molecule has 24 heavy (non-hydrogen) atoms. The van der Waals surface area contributed by atoms with Crippen molar-refractivity contribution in [3.05, 3.63) is 59.7 Å². The van der Waals surface area contributed by atoms with E-state index in [-0.39, 0.29) is 0 Å². The van der Waals surface area contributed by atoms with Gasteiger partial charge in [0.1, 0.15) is 8.07 Å². The second-order valence-electron chi connectivity index (χ2n) is 7.66. The summed E-state index contributed by atoms with van der Waals surface area (Å²) in [7, 11) is -1.26. The number of hydrogen-bond donors (Lipinski definition) is 0. The molecular formula is C20H25N2SSi+. The molecule has 124 valence electrons. The minimum atomic E-state index is -1.26. The van der Waals surface area contributed by atoms with Gasteiger partial charge >= 0.3 is 0 Å². The maximum absolute atomic E-state index is 4.96. The van der Waals surface area contributed by atoms with Crippen molar-refractivity contribution in [2.75, 3.05) is 0 Å². The number of hydrogen-bond acceptors (Lipinski definition) is 2. The van der Waals surface area contributed by atoms with E-state index >= 15 is 0 Å². The molecule has 0 atom stereocenters. The van der Waals surface area contributed by atoms with Crippen LogP contribution in [0.5, 0.6) is 0 Å². The van der Waals surface area contributed by atoms with Gasteiger partial charge in [-0.2, -0.15) is 0 Å². The molecule has 0 amide bonds. The van der Waals surface area contributed by atoms with E-state index in [1.165, 1.54) is 27.3 Å². The normalized spacial score (nSPS) is 11.7. The molecule has 0 saturated heterocycles. The Balaban J connectivity index is 2.08. The molecule has 0 unspecified atom stereocenters. The van der Waals surface area contributed by atoms with Crippen LogP contribution >= 0.6 is 11.3 Å². The average Bonchev–Trinajstić information content (AvgIpc) is 2.90. The standard InChI is InChI=1S/C20H25N2SSi/c1-15-6-10-17(11-7-15)19-21-22(14-24(3,4)5)20(23-19)18-12-8-16(2)9-13-18/h6-13H,14H2,1-5H3/q+1. The molecular weight excluding hydrogens is 328 g/mol. The number of rotatable bonds is 4. The lowest BCUT2D eigenvalue weighted by Gasteiger charge is -2.08. The summed E-state index contributed by atoms with van der Waals surface area (Å²) in [5.41, 5.74) is 5.03. The fourth-order valence-electron chi connectivity index (χ4n) is 2.59. The van der Waals surface area contributed by atoms with E-state index in [2.05, 4.69) is 86.7 Å². The highest BCUT2D eigenvalue weighted by Crippen LogP contribution is 2.29. The molecule has 1 aromatic heterocycles. The van der Waals surface area contributed by atoms with E-state index in [0.717, 1.165) is 11.2 Å². The van der Waals surface area contributed by atoms with Gasteiger partial charge < -0.3 is 0 Å². The van der Waals surface area contributed by atoms with Crippen molar-refractivity contribution in [3.8, 4) is 21.1 Å². The summed E-state index contributed by atoms with van der Waals surface area (Å²) in [4.78, 5) is 0. The molecule has 0 fully saturated rings. The molecule has 0 radical (unpaired) electrons. The first-order valence-electron chi connectivity index (χ1n) is 8.37. The van der Waals surface area contributed by atoms with Crippen LogP contribution < -0.4 is 4.68 Å². The van der Waals surface area contributed by atoms with Gasteiger partial charge in [-0.3, -0.25) is 0 Å². The fourth-order valence-corrected chi connectivity index (χ4v) is 4.88. The molecule has 2 aromatic carbocycles. The molecule has 0 bridgehead atoms. The molecule has 0 N–H and O–H groups in total. The van der Waals surface area contributed by atoms with E-state index in [9.17, 15) is 0 Å². The van der Waals surface area contributed by atoms with Crippen molar-refractivity contribution in [3.63, 3.8) is 0 Å². The van der Waals surface area contributed by atoms with Gasteiger partial charge in [-0.05, 0) is 37.3 Å². The summed E-state index contributed by atoms with van der Waals surface area (Å²) >= 11 is 1.79. The van der Waals surface area contributed by atoms with Crippen molar-refractivity contribution in [2.45, 2.75) is 39.7 Å². The van der Waals surface area contributed by atoms with E-state index < -0.39 is 8.07 Å². The molecule has 3 rings (SSSR count). The van der Waals surface area contributed by atoms with Crippen LogP contribution in [0.1, 0.15) is 11.1 Å². The highest BCUT2D eigenvalue weighted by Gasteiger charge is 2.28. The van der Waals surface area contributed by atoms with Gasteiger partial charge in [0.2, 0.25) is 0 Å². The minimum absolute atomic E-state index is 1.04. The van der Waals surface area contributed by atoms with Crippen molar-refractivity contribution >= 4 is 19.4 Å². The monoisotopic (exact) mass is 353 g/mol. The molecule has 4 heteroatoms. The Bertz CT molecular complexity index is 828. The summed E-state index contributed by atoms with van der Waals surface area (Å²) in [5.74, 6) is 0.